The largest absolute Gasteiger partial charge is 0.490 e. The normalized spacial score (nSPS) is 16.9. The van der Waals surface area contributed by atoms with Crippen molar-refractivity contribution in [2.75, 3.05) is 4.90 Å². The summed E-state index contributed by atoms with van der Waals surface area (Å²) in [6.45, 7) is 3.98. The molecule has 1 N–H and O–H groups in total. The number of hydrogen-bond acceptors (Lipinski definition) is 4. The summed E-state index contributed by atoms with van der Waals surface area (Å²) in [5, 5.41) is 2.90. The van der Waals surface area contributed by atoms with Gasteiger partial charge in [-0.3, -0.25) is 19.8 Å². The molecular weight excluding hydrogens is 396 g/mol. The van der Waals surface area contributed by atoms with Gasteiger partial charge < -0.3 is 4.74 Å². The molecule has 5 nitrogen and oxygen atoms in total. The molecule has 1 aliphatic rings. The van der Waals surface area contributed by atoms with Crippen LogP contribution >= 0.6 is 23.8 Å². The van der Waals surface area contributed by atoms with Gasteiger partial charge in [0.15, 0.2) is 5.11 Å². The van der Waals surface area contributed by atoms with Crippen molar-refractivity contribution >= 4 is 52.5 Å². The molecule has 0 unspecified atom stereocenters. The molecule has 1 atom stereocenters. The molecule has 2 aromatic rings. The summed E-state index contributed by atoms with van der Waals surface area (Å²) in [4.78, 5) is 26.8. The Morgan fingerprint density at radius 3 is 2.57 bits per heavy atom. The summed E-state index contributed by atoms with van der Waals surface area (Å²) in [5.74, 6) is -0.501. The molecule has 0 aliphatic carbocycles. The molecule has 1 saturated heterocycles. The summed E-state index contributed by atoms with van der Waals surface area (Å²) < 4.78 is 5.91. The Morgan fingerprint density at radius 1 is 1.18 bits per heavy atom. The first-order valence-corrected chi connectivity index (χ1v) is 9.62. The maximum absolute atomic E-state index is 13.1. The van der Waals surface area contributed by atoms with Crippen molar-refractivity contribution in [1.29, 1.82) is 0 Å². The molecule has 2 aromatic carbocycles. The lowest BCUT2D eigenvalue weighted by Crippen LogP contribution is -2.54. The fourth-order valence-corrected chi connectivity index (χ4v) is 3.17. The van der Waals surface area contributed by atoms with Crippen molar-refractivity contribution in [3.63, 3.8) is 0 Å². The van der Waals surface area contributed by atoms with E-state index in [4.69, 9.17) is 28.6 Å². The topological polar surface area (TPSA) is 58.6 Å². The standard InChI is InChI=1S/C21H19ClN2O3S/c1-3-13(2)27-18-11-7-4-8-14(18)12-15-19(25)23-21(28)24(20(15)26)17-10-6-5-9-16(17)22/h4-13H,3H2,1-2H3,(H,23,25,28)/b15-12+/t13-/m1/s1. The Balaban J connectivity index is 2.02. The number of rotatable bonds is 5. The molecule has 1 aliphatic heterocycles. The summed E-state index contributed by atoms with van der Waals surface area (Å²) in [6, 6.07) is 14.1. The van der Waals surface area contributed by atoms with Crippen molar-refractivity contribution in [2.24, 2.45) is 0 Å². The Hall–Kier alpha value is -2.70. The van der Waals surface area contributed by atoms with E-state index in [2.05, 4.69) is 5.32 Å². The SMILES string of the molecule is CC[C@@H](C)Oc1ccccc1/C=C1\C(=O)NC(=S)N(c2ccccc2Cl)C1=O. The number of anilines is 1. The number of carbonyl (C=O) groups excluding carboxylic acids is 2. The van der Waals surface area contributed by atoms with Crippen LogP contribution in [0.5, 0.6) is 5.75 Å². The third-order valence-electron chi connectivity index (χ3n) is 4.32. The third-order valence-corrected chi connectivity index (χ3v) is 4.92. The minimum absolute atomic E-state index is 0.00244. The number of hydrogen-bond donors (Lipinski definition) is 1. The van der Waals surface area contributed by atoms with E-state index >= 15 is 0 Å². The van der Waals surface area contributed by atoms with Gasteiger partial charge in [0.2, 0.25) is 0 Å². The van der Waals surface area contributed by atoms with Gasteiger partial charge >= 0.3 is 0 Å². The van der Waals surface area contributed by atoms with Crippen molar-refractivity contribution in [1.82, 2.24) is 5.32 Å². The van der Waals surface area contributed by atoms with E-state index in [-0.39, 0.29) is 16.8 Å². The van der Waals surface area contributed by atoms with E-state index in [1.807, 2.05) is 26.0 Å². The van der Waals surface area contributed by atoms with Crippen LogP contribution in [0.1, 0.15) is 25.8 Å². The summed E-state index contributed by atoms with van der Waals surface area (Å²) >= 11 is 11.4. The van der Waals surface area contributed by atoms with Crippen molar-refractivity contribution in [3.8, 4) is 5.75 Å². The van der Waals surface area contributed by atoms with Gasteiger partial charge in [-0.1, -0.05) is 48.9 Å². The number of thiocarbonyl (C=S) groups is 1. The molecule has 0 radical (unpaired) electrons. The fourth-order valence-electron chi connectivity index (χ4n) is 2.67. The second-order valence-electron chi connectivity index (χ2n) is 6.28. The predicted octanol–water partition coefficient (Wildman–Crippen LogP) is 4.35. The highest BCUT2D eigenvalue weighted by Gasteiger charge is 2.35. The van der Waals surface area contributed by atoms with Crippen LogP contribution in [-0.2, 0) is 9.59 Å². The van der Waals surface area contributed by atoms with Crippen LogP contribution in [0.4, 0.5) is 5.69 Å². The molecule has 0 bridgehead atoms. The summed E-state index contributed by atoms with van der Waals surface area (Å²) in [5.41, 5.74) is 0.996. The molecule has 0 aromatic heterocycles. The maximum Gasteiger partial charge on any atom is 0.270 e. The lowest BCUT2D eigenvalue weighted by atomic mass is 10.1. The zero-order chi connectivity index (χ0) is 20.3. The van der Waals surface area contributed by atoms with Gasteiger partial charge in [-0.25, -0.2) is 0 Å². The number of para-hydroxylation sites is 2. The van der Waals surface area contributed by atoms with E-state index in [9.17, 15) is 9.59 Å². The van der Waals surface area contributed by atoms with Crippen molar-refractivity contribution < 1.29 is 14.3 Å². The molecule has 28 heavy (non-hydrogen) atoms. The average Bonchev–Trinajstić information content (AvgIpc) is 2.67. The van der Waals surface area contributed by atoms with E-state index in [1.54, 1.807) is 36.4 Å². The molecule has 2 amide bonds. The molecular formula is C21H19ClN2O3S. The zero-order valence-electron chi connectivity index (χ0n) is 15.4. The quantitative estimate of drug-likeness (QED) is 0.449. The monoisotopic (exact) mass is 414 g/mol. The molecule has 3 rings (SSSR count). The Kier molecular flexibility index (Phi) is 6.11. The number of carbonyl (C=O) groups is 2. The molecule has 1 heterocycles. The zero-order valence-corrected chi connectivity index (χ0v) is 17.0. The van der Waals surface area contributed by atoms with E-state index < -0.39 is 11.8 Å². The van der Waals surface area contributed by atoms with Gasteiger partial charge in [0.05, 0.1) is 16.8 Å². The van der Waals surface area contributed by atoms with E-state index in [1.165, 1.54) is 11.0 Å². The highest BCUT2D eigenvalue weighted by atomic mass is 35.5. The molecule has 0 saturated carbocycles. The second kappa shape index (κ2) is 8.54. The lowest BCUT2D eigenvalue weighted by molar-refractivity contribution is -0.122. The van der Waals surface area contributed by atoms with Crippen LogP contribution in [0.2, 0.25) is 5.02 Å². The number of nitrogens with one attached hydrogen (secondary N) is 1. The maximum atomic E-state index is 13.1. The number of ether oxygens (including phenoxy) is 1. The van der Waals surface area contributed by atoms with Crippen molar-refractivity contribution in [3.05, 3.63) is 64.7 Å². The fraction of sp³-hybridized carbons (Fsp3) is 0.190. The van der Waals surface area contributed by atoms with Gasteiger partial charge in [0.1, 0.15) is 11.3 Å². The summed E-state index contributed by atoms with van der Waals surface area (Å²) in [6.07, 6.45) is 2.35. The van der Waals surface area contributed by atoms with Gasteiger partial charge in [0.25, 0.3) is 11.8 Å². The first-order chi connectivity index (χ1) is 13.4. The van der Waals surface area contributed by atoms with Gasteiger partial charge in [-0.05, 0) is 49.8 Å². The molecule has 144 valence electrons. The highest BCUT2D eigenvalue weighted by molar-refractivity contribution is 7.80. The number of halogens is 1. The van der Waals surface area contributed by atoms with Gasteiger partial charge in [-0.15, -0.1) is 0 Å². The Labute approximate surface area is 173 Å². The van der Waals surface area contributed by atoms with Gasteiger partial charge in [-0.2, -0.15) is 0 Å². The minimum atomic E-state index is -0.559. The lowest BCUT2D eigenvalue weighted by Gasteiger charge is -2.29. The van der Waals surface area contributed by atoms with Crippen LogP contribution in [-0.4, -0.2) is 23.0 Å². The minimum Gasteiger partial charge on any atom is -0.490 e. The van der Waals surface area contributed by atoms with E-state index in [0.29, 0.717) is 22.0 Å². The Morgan fingerprint density at radius 2 is 1.86 bits per heavy atom. The Bertz CT molecular complexity index is 974. The smallest absolute Gasteiger partial charge is 0.270 e. The third kappa shape index (κ3) is 4.08. The predicted molar refractivity (Wildman–Crippen MR) is 114 cm³/mol. The van der Waals surface area contributed by atoms with Gasteiger partial charge in [0, 0.05) is 5.56 Å². The first-order valence-electron chi connectivity index (χ1n) is 8.84. The first kappa shape index (κ1) is 20.0. The van der Waals surface area contributed by atoms with E-state index in [0.717, 1.165) is 6.42 Å². The number of benzene rings is 2. The molecule has 7 heteroatoms. The molecule has 1 fully saturated rings. The number of nitrogens with zero attached hydrogens (tertiary/aromatic N) is 1. The number of amides is 2. The van der Waals surface area contributed by atoms with Crippen LogP contribution in [0, 0.1) is 0 Å². The second-order valence-corrected chi connectivity index (χ2v) is 7.08. The highest BCUT2D eigenvalue weighted by Crippen LogP contribution is 2.30. The van der Waals surface area contributed by atoms with Crippen LogP contribution < -0.4 is 15.0 Å². The van der Waals surface area contributed by atoms with Crippen LogP contribution in [0.15, 0.2) is 54.1 Å². The van der Waals surface area contributed by atoms with Crippen LogP contribution in [0.25, 0.3) is 6.08 Å². The summed E-state index contributed by atoms with van der Waals surface area (Å²) in [7, 11) is 0. The van der Waals surface area contributed by atoms with Crippen LogP contribution in [0.3, 0.4) is 0 Å². The van der Waals surface area contributed by atoms with Crippen molar-refractivity contribution in [2.45, 2.75) is 26.4 Å². The molecule has 0 spiro atoms. The average molecular weight is 415 g/mol.